The minimum Gasteiger partial charge on any atom is -0.497 e. The van der Waals surface area contributed by atoms with Crippen LogP contribution >= 0.6 is 0 Å². The van der Waals surface area contributed by atoms with Gasteiger partial charge in [0.25, 0.3) is 0 Å². The molecular formula is C25H21NO5. The fourth-order valence-corrected chi connectivity index (χ4v) is 5.79. The van der Waals surface area contributed by atoms with Crippen LogP contribution < -0.4 is 14.4 Å². The van der Waals surface area contributed by atoms with Crippen LogP contribution in [0.3, 0.4) is 0 Å². The Bertz CT molecular complexity index is 1100. The Labute approximate surface area is 179 Å². The summed E-state index contributed by atoms with van der Waals surface area (Å²) in [5.41, 5.74) is 0.901. The van der Waals surface area contributed by atoms with Crippen LogP contribution in [0.25, 0.3) is 0 Å². The summed E-state index contributed by atoms with van der Waals surface area (Å²) in [5.74, 6) is 1.31. The van der Waals surface area contributed by atoms with Gasteiger partial charge in [0, 0.05) is 0 Å². The Morgan fingerprint density at radius 2 is 1.55 bits per heavy atom. The molecule has 0 radical (unpaired) electrons. The first-order valence-electron chi connectivity index (χ1n) is 10.6. The summed E-state index contributed by atoms with van der Waals surface area (Å²) in [6.45, 7) is 0. The zero-order valence-corrected chi connectivity index (χ0v) is 16.9. The van der Waals surface area contributed by atoms with Crippen LogP contribution in [0.1, 0.15) is 16.8 Å². The topological polar surface area (TPSA) is 72.9 Å². The van der Waals surface area contributed by atoms with Gasteiger partial charge >= 0.3 is 5.97 Å². The summed E-state index contributed by atoms with van der Waals surface area (Å²) in [6.07, 6.45) is 5.47. The predicted molar refractivity (Wildman–Crippen MR) is 112 cm³/mol. The second kappa shape index (κ2) is 6.54. The first-order chi connectivity index (χ1) is 15.1. The largest absolute Gasteiger partial charge is 0.497 e. The number of hydrogen-bond acceptors (Lipinski definition) is 5. The number of carbonyl (C=O) groups is 3. The van der Waals surface area contributed by atoms with Crippen LogP contribution in [0.15, 0.2) is 60.7 Å². The fourth-order valence-electron chi connectivity index (χ4n) is 5.79. The minimum atomic E-state index is -0.507. The summed E-state index contributed by atoms with van der Waals surface area (Å²) in [5, 5.41) is 0. The molecule has 2 amide bonds. The van der Waals surface area contributed by atoms with E-state index in [1.807, 2.05) is 0 Å². The molecule has 1 saturated heterocycles. The number of anilines is 1. The van der Waals surface area contributed by atoms with E-state index in [9.17, 15) is 14.4 Å². The fraction of sp³-hybridized carbons (Fsp3) is 0.320. The van der Waals surface area contributed by atoms with Crippen molar-refractivity contribution in [3.8, 4) is 11.5 Å². The third-order valence-electron chi connectivity index (χ3n) is 7.27. The smallest absolute Gasteiger partial charge is 0.343 e. The highest BCUT2D eigenvalue weighted by Gasteiger charge is 2.67. The molecule has 2 aromatic carbocycles. The van der Waals surface area contributed by atoms with Gasteiger partial charge in [0.15, 0.2) is 0 Å². The summed E-state index contributed by atoms with van der Waals surface area (Å²) in [7, 11) is 1.53. The van der Waals surface area contributed by atoms with Gasteiger partial charge in [-0.1, -0.05) is 18.2 Å². The Hall–Kier alpha value is -3.41. The van der Waals surface area contributed by atoms with Crippen molar-refractivity contribution in [2.24, 2.45) is 35.5 Å². The Kier molecular flexibility index (Phi) is 3.88. The van der Waals surface area contributed by atoms with Gasteiger partial charge in [-0.2, -0.15) is 0 Å². The van der Waals surface area contributed by atoms with E-state index in [-0.39, 0.29) is 35.5 Å². The zero-order valence-electron chi connectivity index (χ0n) is 16.9. The highest BCUT2D eigenvalue weighted by atomic mass is 16.5. The Balaban J connectivity index is 1.21. The second-order valence-corrected chi connectivity index (χ2v) is 8.78. The van der Waals surface area contributed by atoms with Gasteiger partial charge in [0.05, 0.1) is 30.2 Å². The highest BCUT2D eigenvalue weighted by molar-refractivity contribution is 6.22. The van der Waals surface area contributed by atoms with Gasteiger partial charge in [-0.25, -0.2) is 4.79 Å². The number of amides is 2. The maximum Gasteiger partial charge on any atom is 0.343 e. The lowest BCUT2D eigenvalue weighted by Crippen LogP contribution is -2.40. The molecule has 7 rings (SSSR count). The molecule has 0 aromatic heterocycles. The molecule has 156 valence electrons. The van der Waals surface area contributed by atoms with E-state index in [1.54, 1.807) is 48.5 Å². The maximum absolute atomic E-state index is 13.2. The molecule has 5 aliphatic rings. The van der Waals surface area contributed by atoms with Gasteiger partial charge in [-0.3, -0.25) is 14.5 Å². The first kappa shape index (κ1) is 18.4. The van der Waals surface area contributed by atoms with Crippen molar-refractivity contribution >= 4 is 23.5 Å². The molecule has 0 spiro atoms. The van der Waals surface area contributed by atoms with E-state index in [0.717, 1.165) is 6.42 Å². The monoisotopic (exact) mass is 415 g/mol. The number of carbonyl (C=O) groups excluding carboxylic acids is 3. The average molecular weight is 415 g/mol. The van der Waals surface area contributed by atoms with Crippen LogP contribution in [0, 0.1) is 35.5 Å². The summed E-state index contributed by atoms with van der Waals surface area (Å²) < 4.78 is 10.6. The zero-order chi connectivity index (χ0) is 21.3. The molecule has 1 aliphatic heterocycles. The summed E-state index contributed by atoms with van der Waals surface area (Å²) in [6, 6.07) is 13.3. The average Bonchev–Trinajstić information content (AvgIpc) is 3.58. The number of benzene rings is 2. The van der Waals surface area contributed by atoms with Gasteiger partial charge in [0.2, 0.25) is 11.8 Å². The van der Waals surface area contributed by atoms with E-state index in [2.05, 4.69) is 12.2 Å². The number of hydrogen-bond donors (Lipinski definition) is 0. The lowest BCUT2D eigenvalue weighted by Gasteiger charge is -2.37. The molecule has 1 heterocycles. The van der Waals surface area contributed by atoms with E-state index < -0.39 is 5.97 Å². The number of rotatable bonds is 4. The highest BCUT2D eigenvalue weighted by Crippen LogP contribution is 2.65. The number of nitrogens with zero attached hydrogens (tertiary/aromatic N) is 1. The lowest BCUT2D eigenvalue weighted by molar-refractivity contribution is -0.124. The van der Waals surface area contributed by atoms with Crippen LogP contribution in [-0.4, -0.2) is 24.9 Å². The molecule has 6 atom stereocenters. The standard InChI is InChI=1S/C25H21NO5/c1-30-16-4-2-3-13(11-16)25(29)31-15-7-5-14(6-8-15)26-23(27)21-17-9-10-18(20-12-19(17)20)22(21)24(26)28/h2-11,17-22H,12H2,1H3/t17-,18+,19-,20-,21+,22-/m1/s1. The molecule has 2 aromatic rings. The van der Waals surface area contributed by atoms with Gasteiger partial charge in [-0.05, 0) is 72.6 Å². The van der Waals surface area contributed by atoms with Crippen molar-refractivity contribution < 1.29 is 23.9 Å². The molecule has 0 N–H and O–H groups in total. The van der Waals surface area contributed by atoms with Crippen LogP contribution in [0.5, 0.6) is 11.5 Å². The number of ether oxygens (including phenoxy) is 2. The third kappa shape index (κ3) is 2.67. The van der Waals surface area contributed by atoms with E-state index >= 15 is 0 Å². The third-order valence-corrected chi connectivity index (χ3v) is 7.27. The molecule has 4 aliphatic carbocycles. The van der Waals surface area contributed by atoms with Gasteiger partial charge in [0.1, 0.15) is 11.5 Å². The number of imide groups is 1. The normalized spacial score (nSPS) is 32.0. The van der Waals surface area contributed by atoms with Crippen molar-refractivity contribution in [1.82, 2.24) is 0 Å². The molecule has 31 heavy (non-hydrogen) atoms. The van der Waals surface area contributed by atoms with Crippen molar-refractivity contribution in [3.63, 3.8) is 0 Å². The maximum atomic E-state index is 13.2. The molecule has 3 fully saturated rings. The van der Waals surface area contributed by atoms with Crippen LogP contribution in [0.2, 0.25) is 0 Å². The molecule has 0 unspecified atom stereocenters. The Morgan fingerprint density at radius 3 is 2.16 bits per heavy atom. The van der Waals surface area contributed by atoms with E-state index in [4.69, 9.17) is 9.47 Å². The number of methoxy groups -OCH3 is 1. The van der Waals surface area contributed by atoms with Crippen molar-refractivity contribution in [2.45, 2.75) is 6.42 Å². The summed E-state index contributed by atoms with van der Waals surface area (Å²) in [4.78, 5) is 40.1. The van der Waals surface area contributed by atoms with Crippen LogP contribution in [-0.2, 0) is 9.59 Å². The van der Waals surface area contributed by atoms with Crippen molar-refractivity contribution in [3.05, 3.63) is 66.2 Å². The van der Waals surface area contributed by atoms with Crippen LogP contribution in [0.4, 0.5) is 5.69 Å². The SMILES string of the molecule is COc1cccc(C(=O)Oc2ccc(N3C(=O)[C@@H]4[C@H]5C=C[C@H]([C@H]6C[C@H]56)[C@@H]4C3=O)cc2)c1. The minimum absolute atomic E-state index is 0.0965. The van der Waals surface area contributed by atoms with Gasteiger partial charge < -0.3 is 9.47 Å². The predicted octanol–water partition coefficient (Wildman–Crippen LogP) is 3.47. The second-order valence-electron chi connectivity index (χ2n) is 8.78. The quantitative estimate of drug-likeness (QED) is 0.331. The Morgan fingerprint density at radius 1 is 0.903 bits per heavy atom. The molecule has 2 bridgehead atoms. The summed E-state index contributed by atoms with van der Waals surface area (Å²) >= 11 is 0. The molecule has 2 saturated carbocycles. The van der Waals surface area contributed by atoms with Gasteiger partial charge in [-0.15, -0.1) is 0 Å². The molecule has 6 heteroatoms. The number of esters is 1. The molecular weight excluding hydrogens is 394 g/mol. The van der Waals surface area contributed by atoms with E-state index in [1.165, 1.54) is 12.0 Å². The lowest BCUT2D eigenvalue weighted by atomic mass is 9.63. The van der Waals surface area contributed by atoms with Crippen molar-refractivity contribution in [2.75, 3.05) is 12.0 Å². The number of allylic oxidation sites excluding steroid dienone is 2. The van der Waals surface area contributed by atoms with E-state index in [0.29, 0.717) is 34.6 Å². The first-order valence-corrected chi connectivity index (χ1v) is 10.6. The molecule has 6 nitrogen and oxygen atoms in total. The van der Waals surface area contributed by atoms with Crippen molar-refractivity contribution in [1.29, 1.82) is 0 Å².